The van der Waals surface area contributed by atoms with Gasteiger partial charge in [0.2, 0.25) is 5.15 Å². The molecular weight excluding hydrogens is 284 g/mol. The fourth-order valence-corrected chi connectivity index (χ4v) is 1.56. The van der Waals surface area contributed by atoms with Crippen LogP contribution < -0.4 is 5.32 Å². The number of hydrogen-bond acceptors (Lipinski definition) is 5. The summed E-state index contributed by atoms with van der Waals surface area (Å²) in [5, 5.41) is 13.3. The van der Waals surface area contributed by atoms with E-state index in [1.165, 1.54) is 12.3 Å². The van der Waals surface area contributed by atoms with Crippen LogP contribution in [0.25, 0.3) is 0 Å². The topological polar surface area (TPSA) is 88.4 Å². The molecule has 0 aliphatic rings. The second kappa shape index (κ2) is 6.15. The van der Waals surface area contributed by atoms with Gasteiger partial charge in [-0.3, -0.25) is 14.9 Å². The lowest BCUT2D eigenvalue weighted by molar-refractivity contribution is -0.385. The van der Waals surface area contributed by atoms with Crippen molar-refractivity contribution >= 4 is 23.2 Å². The number of halogens is 1. The first-order chi connectivity index (χ1) is 9.16. The zero-order chi connectivity index (χ0) is 15.5. The summed E-state index contributed by atoms with van der Waals surface area (Å²) in [7, 11) is 3.77. The van der Waals surface area contributed by atoms with Crippen LogP contribution in [0.5, 0.6) is 0 Å². The van der Waals surface area contributed by atoms with E-state index in [4.69, 9.17) is 11.6 Å². The summed E-state index contributed by atoms with van der Waals surface area (Å²) in [5.74, 6) is -0.545. The number of carbonyl (C=O) groups is 1. The molecule has 0 unspecified atom stereocenters. The average Bonchev–Trinajstić information content (AvgIpc) is 2.35. The summed E-state index contributed by atoms with van der Waals surface area (Å²) in [6, 6.07) is 1.28. The van der Waals surface area contributed by atoms with Crippen LogP contribution in [0.2, 0.25) is 5.15 Å². The van der Waals surface area contributed by atoms with Gasteiger partial charge in [-0.25, -0.2) is 4.98 Å². The summed E-state index contributed by atoms with van der Waals surface area (Å²) < 4.78 is 0. The lowest BCUT2D eigenvalue weighted by atomic mass is 10.0. The van der Waals surface area contributed by atoms with Gasteiger partial charge in [-0.2, -0.15) is 0 Å². The Morgan fingerprint density at radius 3 is 2.65 bits per heavy atom. The van der Waals surface area contributed by atoms with Crippen molar-refractivity contribution in [3.8, 4) is 0 Å². The molecule has 1 heterocycles. The van der Waals surface area contributed by atoms with Crippen molar-refractivity contribution in [3.63, 3.8) is 0 Å². The van der Waals surface area contributed by atoms with Crippen molar-refractivity contribution in [2.24, 2.45) is 0 Å². The fourth-order valence-electron chi connectivity index (χ4n) is 1.34. The SMILES string of the molecule is CN(C)C(C)(C)CNC(=O)c1ccnc(Cl)c1[N+](=O)[O-]. The standard InChI is InChI=1S/C12H17ClN4O3/c1-12(2,16(3)4)7-15-11(18)8-5-6-14-10(13)9(8)17(19)20/h5-6H,7H2,1-4H3,(H,15,18). The van der Waals surface area contributed by atoms with E-state index >= 15 is 0 Å². The minimum Gasteiger partial charge on any atom is -0.350 e. The van der Waals surface area contributed by atoms with Crippen molar-refractivity contribution in [1.82, 2.24) is 15.2 Å². The summed E-state index contributed by atoms with van der Waals surface area (Å²) in [5.41, 5.74) is -0.847. The van der Waals surface area contributed by atoms with Gasteiger partial charge in [0.25, 0.3) is 5.91 Å². The van der Waals surface area contributed by atoms with E-state index in [0.717, 1.165) is 0 Å². The zero-order valence-corrected chi connectivity index (χ0v) is 12.6. The van der Waals surface area contributed by atoms with Gasteiger partial charge in [0.05, 0.1) is 4.92 Å². The van der Waals surface area contributed by atoms with E-state index in [-0.39, 0.29) is 16.3 Å². The predicted molar refractivity (Wildman–Crippen MR) is 76.0 cm³/mol. The molecule has 1 amide bonds. The number of nitro groups is 1. The van der Waals surface area contributed by atoms with E-state index in [2.05, 4.69) is 10.3 Å². The number of pyridine rings is 1. The van der Waals surface area contributed by atoms with E-state index < -0.39 is 16.5 Å². The van der Waals surface area contributed by atoms with E-state index in [9.17, 15) is 14.9 Å². The van der Waals surface area contributed by atoms with Gasteiger partial charge in [0, 0.05) is 18.3 Å². The van der Waals surface area contributed by atoms with Crippen LogP contribution in [-0.2, 0) is 0 Å². The monoisotopic (exact) mass is 300 g/mol. The molecule has 1 aromatic heterocycles. The normalized spacial score (nSPS) is 11.5. The molecule has 1 rings (SSSR count). The van der Waals surface area contributed by atoms with Crippen molar-refractivity contribution in [2.75, 3.05) is 20.6 Å². The molecule has 8 heteroatoms. The highest BCUT2D eigenvalue weighted by atomic mass is 35.5. The van der Waals surface area contributed by atoms with Crippen molar-refractivity contribution in [2.45, 2.75) is 19.4 Å². The number of likely N-dealkylation sites (N-methyl/N-ethyl adjacent to an activating group) is 1. The largest absolute Gasteiger partial charge is 0.350 e. The third-order valence-electron chi connectivity index (χ3n) is 3.20. The Labute approximate surface area is 122 Å². The molecule has 0 fully saturated rings. The van der Waals surface area contributed by atoms with Gasteiger partial charge in [0.15, 0.2) is 0 Å². The van der Waals surface area contributed by atoms with Crippen molar-refractivity contribution < 1.29 is 9.72 Å². The van der Waals surface area contributed by atoms with Crippen molar-refractivity contribution in [3.05, 3.63) is 33.1 Å². The van der Waals surface area contributed by atoms with Crippen LogP contribution in [0.4, 0.5) is 5.69 Å². The fraction of sp³-hybridized carbons (Fsp3) is 0.500. The van der Waals surface area contributed by atoms with Gasteiger partial charge >= 0.3 is 5.69 Å². The molecule has 0 saturated carbocycles. The maximum absolute atomic E-state index is 12.1. The molecule has 0 atom stereocenters. The zero-order valence-electron chi connectivity index (χ0n) is 11.8. The lowest BCUT2D eigenvalue weighted by Crippen LogP contribution is -2.48. The first kappa shape index (κ1) is 16.3. The number of hydrogen-bond donors (Lipinski definition) is 1. The number of rotatable bonds is 5. The maximum atomic E-state index is 12.1. The van der Waals surface area contributed by atoms with Crippen LogP contribution in [-0.4, -0.2) is 46.9 Å². The summed E-state index contributed by atoms with van der Waals surface area (Å²) in [6.45, 7) is 4.23. The number of carbonyl (C=O) groups excluding carboxylic acids is 1. The van der Waals surface area contributed by atoms with E-state index in [1.807, 2.05) is 32.8 Å². The molecule has 110 valence electrons. The van der Waals surface area contributed by atoms with Crippen LogP contribution in [0.3, 0.4) is 0 Å². The minimum absolute atomic E-state index is 0.0930. The molecular formula is C12H17ClN4O3. The summed E-state index contributed by atoms with van der Waals surface area (Å²) in [6.07, 6.45) is 1.27. The highest BCUT2D eigenvalue weighted by Crippen LogP contribution is 2.25. The Balaban J connectivity index is 2.95. The second-order valence-electron chi connectivity index (χ2n) is 5.14. The number of nitrogens with one attached hydrogen (secondary N) is 1. The van der Waals surface area contributed by atoms with Crippen LogP contribution in [0.15, 0.2) is 12.3 Å². The van der Waals surface area contributed by atoms with Gasteiger partial charge in [-0.15, -0.1) is 0 Å². The average molecular weight is 301 g/mol. The number of aromatic nitrogens is 1. The molecule has 0 aliphatic carbocycles. The third-order valence-corrected chi connectivity index (χ3v) is 3.48. The first-order valence-corrected chi connectivity index (χ1v) is 6.29. The number of nitrogens with zero attached hydrogens (tertiary/aromatic N) is 3. The molecule has 0 saturated heterocycles. The Kier molecular flexibility index (Phi) is 5.02. The number of amides is 1. The molecule has 0 aliphatic heterocycles. The van der Waals surface area contributed by atoms with Crippen molar-refractivity contribution in [1.29, 1.82) is 0 Å². The van der Waals surface area contributed by atoms with E-state index in [0.29, 0.717) is 6.54 Å². The Morgan fingerprint density at radius 1 is 1.55 bits per heavy atom. The highest BCUT2D eigenvalue weighted by Gasteiger charge is 2.27. The Hall–Kier alpha value is -1.73. The molecule has 1 N–H and O–H groups in total. The Morgan fingerprint density at radius 2 is 2.15 bits per heavy atom. The lowest BCUT2D eigenvalue weighted by Gasteiger charge is -2.32. The molecule has 0 spiro atoms. The van der Waals surface area contributed by atoms with Crippen LogP contribution >= 0.6 is 11.6 Å². The summed E-state index contributed by atoms with van der Waals surface area (Å²) >= 11 is 5.67. The van der Waals surface area contributed by atoms with Gasteiger partial charge in [0.1, 0.15) is 5.56 Å². The maximum Gasteiger partial charge on any atom is 0.319 e. The van der Waals surface area contributed by atoms with Crippen LogP contribution in [0, 0.1) is 10.1 Å². The van der Waals surface area contributed by atoms with Crippen LogP contribution in [0.1, 0.15) is 24.2 Å². The van der Waals surface area contributed by atoms with Gasteiger partial charge in [-0.1, -0.05) is 11.6 Å². The predicted octanol–water partition coefficient (Wildman–Crippen LogP) is 1.71. The summed E-state index contributed by atoms with van der Waals surface area (Å²) in [4.78, 5) is 27.9. The molecule has 7 nitrogen and oxygen atoms in total. The molecule has 0 radical (unpaired) electrons. The Bertz CT molecular complexity index is 531. The van der Waals surface area contributed by atoms with Gasteiger partial charge < -0.3 is 10.2 Å². The molecule has 0 bridgehead atoms. The van der Waals surface area contributed by atoms with E-state index in [1.54, 1.807) is 0 Å². The highest BCUT2D eigenvalue weighted by molar-refractivity contribution is 6.32. The second-order valence-corrected chi connectivity index (χ2v) is 5.50. The molecule has 20 heavy (non-hydrogen) atoms. The molecule has 0 aromatic carbocycles. The van der Waals surface area contributed by atoms with Gasteiger partial charge in [-0.05, 0) is 34.0 Å². The quantitative estimate of drug-likeness (QED) is 0.508. The first-order valence-electron chi connectivity index (χ1n) is 5.91. The molecule has 1 aromatic rings. The smallest absolute Gasteiger partial charge is 0.319 e. The minimum atomic E-state index is -0.707. The third kappa shape index (κ3) is 3.64.